The summed E-state index contributed by atoms with van der Waals surface area (Å²) in [6.07, 6.45) is 0. The summed E-state index contributed by atoms with van der Waals surface area (Å²) in [5, 5.41) is 0. The number of phosphoric acid groups is 1. The molecule has 92 valence electrons. The van der Waals surface area contributed by atoms with Crippen molar-refractivity contribution in [1.29, 1.82) is 0 Å². The smallest absolute Gasteiger partial charge is 0.287 e. The topological polar surface area (TPSA) is 44.8 Å². The van der Waals surface area contributed by atoms with Crippen LogP contribution in [0, 0.1) is 5.92 Å². The van der Waals surface area contributed by atoms with Crippen LogP contribution in [0.4, 0.5) is 0 Å². The van der Waals surface area contributed by atoms with Crippen LogP contribution in [0.5, 0.6) is 0 Å². The van der Waals surface area contributed by atoms with Gasteiger partial charge in [0, 0.05) is 0 Å². The molecule has 0 aromatic rings. The van der Waals surface area contributed by atoms with Crippen LogP contribution in [0.2, 0.25) is 0 Å². The van der Waals surface area contributed by atoms with E-state index in [1.54, 1.807) is 13.8 Å². The second-order valence-electron chi connectivity index (χ2n) is 4.13. The van der Waals surface area contributed by atoms with E-state index in [1.807, 2.05) is 27.7 Å². The molecule has 4 nitrogen and oxygen atoms in total. The van der Waals surface area contributed by atoms with Gasteiger partial charge in [-0.15, -0.1) is 0 Å². The Morgan fingerprint density at radius 1 is 1.13 bits per heavy atom. The van der Waals surface area contributed by atoms with E-state index in [0.29, 0.717) is 13.2 Å². The highest BCUT2D eigenvalue weighted by molar-refractivity contribution is 7.48. The highest BCUT2D eigenvalue weighted by Gasteiger charge is 2.36. The second-order valence-corrected chi connectivity index (χ2v) is 5.73. The maximum absolute atomic E-state index is 12.1. The number of phosphoric ester groups is 1. The van der Waals surface area contributed by atoms with E-state index in [0.717, 1.165) is 0 Å². The van der Waals surface area contributed by atoms with Gasteiger partial charge in [-0.1, -0.05) is 13.8 Å². The molecule has 0 aromatic heterocycles. The lowest BCUT2D eigenvalue weighted by atomic mass is 9.95. The van der Waals surface area contributed by atoms with Crippen LogP contribution in [0.1, 0.15) is 41.5 Å². The van der Waals surface area contributed by atoms with Gasteiger partial charge >= 0.3 is 7.82 Å². The molecule has 15 heavy (non-hydrogen) atoms. The fourth-order valence-electron chi connectivity index (χ4n) is 0.800. The van der Waals surface area contributed by atoms with Gasteiger partial charge in [-0.25, -0.2) is 4.57 Å². The summed E-state index contributed by atoms with van der Waals surface area (Å²) < 4.78 is 27.7. The molecular formula is C10H23O4P. The minimum atomic E-state index is -3.39. The molecular weight excluding hydrogens is 215 g/mol. The Hall–Kier alpha value is 0.110. The van der Waals surface area contributed by atoms with E-state index in [2.05, 4.69) is 0 Å². The normalized spacial score (nSPS) is 13.5. The highest BCUT2D eigenvalue weighted by Crippen LogP contribution is 2.53. The number of rotatable bonds is 7. The summed E-state index contributed by atoms with van der Waals surface area (Å²) in [6, 6.07) is 0. The zero-order valence-electron chi connectivity index (χ0n) is 10.6. The lowest BCUT2D eigenvalue weighted by Gasteiger charge is -2.32. The average molecular weight is 238 g/mol. The molecule has 0 atom stereocenters. The lowest BCUT2D eigenvalue weighted by Crippen LogP contribution is -2.30. The predicted molar refractivity (Wildman–Crippen MR) is 60.9 cm³/mol. The van der Waals surface area contributed by atoms with Crippen molar-refractivity contribution in [2.45, 2.75) is 47.1 Å². The molecule has 0 rings (SSSR count). The molecule has 0 saturated carbocycles. The maximum atomic E-state index is 12.1. The van der Waals surface area contributed by atoms with Crippen molar-refractivity contribution in [2.75, 3.05) is 13.2 Å². The third-order valence-electron chi connectivity index (χ3n) is 2.31. The van der Waals surface area contributed by atoms with Gasteiger partial charge in [0.2, 0.25) is 0 Å². The zero-order chi connectivity index (χ0) is 12.1. The van der Waals surface area contributed by atoms with Crippen molar-refractivity contribution in [3.8, 4) is 0 Å². The molecule has 0 aromatic carbocycles. The Bertz CT molecular complexity index is 215. The molecule has 0 fully saturated rings. The van der Waals surface area contributed by atoms with Crippen molar-refractivity contribution in [2.24, 2.45) is 5.92 Å². The zero-order valence-corrected chi connectivity index (χ0v) is 11.5. The highest BCUT2D eigenvalue weighted by atomic mass is 31.2. The van der Waals surface area contributed by atoms with Crippen molar-refractivity contribution < 1.29 is 18.1 Å². The Labute approximate surface area is 92.9 Å². The van der Waals surface area contributed by atoms with Crippen molar-refractivity contribution in [3.05, 3.63) is 0 Å². The van der Waals surface area contributed by atoms with Crippen LogP contribution < -0.4 is 0 Å². The first-order valence-electron chi connectivity index (χ1n) is 5.37. The molecule has 0 heterocycles. The molecule has 0 spiro atoms. The van der Waals surface area contributed by atoms with Gasteiger partial charge in [0.25, 0.3) is 0 Å². The third kappa shape index (κ3) is 5.12. The maximum Gasteiger partial charge on any atom is 0.475 e. The summed E-state index contributed by atoms with van der Waals surface area (Å²) in [5.74, 6) is 0.228. The summed E-state index contributed by atoms with van der Waals surface area (Å²) in [6.45, 7) is 11.9. The van der Waals surface area contributed by atoms with Gasteiger partial charge in [0.05, 0.1) is 18.8 Å². The quantitative estimate of drug-likeness (QED) is 0.635. The summed E-state index contributed by atoms with van der Waals surface area (Å²) in [4.78, 5) is 0. The third-order valence-corrected chi connectivity index (χ3v) is 4.15. The van der Waals surface area contributed by atoms with Crippen LogP contribution in [0.15, 0.2) is 0 Å². The van der Waals surface area contributed by atoms with Crippen LogP contribution in [-0.2, 0) is 18.1 Å². The van der Waals surface area contributed by atoms with Crippen LogP contribution in [0.3, 0.4) is 0 Å². The monoisotopic (exact) mass is 238 g/mol. The summed E-state index contributed by atoms with van der Waals surface area (Å²) in [5.41, 5.74) is -0.528. The van der Waals surface area contributed by atoms with E-state index in [9.17, 15) is 4.57 Å². The van der Waals surface area contributed by atoms with Crippen molar-refractivity contribution in [3.63, 3.8) is 0 Å². The number of hydrogen-bond donors (Lipinski definition) is 0. The van der Waals surface area contributed by atoms with Crippen molar-refractivity contribution in [1.82, 2.24) is 0 Å². The van der Waals surface area contributed by atoms with E-state index in [4.69, 9.17) is 13.6 Å². The summed E-state index contributed by atoms with van der Waals surface area (Å²) >= 11 is 0. The average Bonchev–Trinajstić information content (AvgIpc) is 2.02. The molecule has 0 aliphatic carbocycles. The molecule has 0 N–H and O–H groups in total. The molecule has 0 saturated heterocycles. The predicted octanol–water partition coefficient (Wildman–Crippen LogP) is 3.62. The van der Waals surface area contributed by atoms with Crippen molar-refractivity contribution >= 4 is 7.82 Å². The van der Waals surface area contributed by atoms with Gasteiger partial charge in [-0.3, -0.25) is 13.6 Å². The van der Waals surface area contributed by atoms with E-state index < -0.39 is 13.4 Å². The fourth-order valence-corrected chi connectivity index (χ4v) is 2.40. The molecule has 0 bridgehead atoms. The van der Waals surface area contributed by atoms with Gasteiger partial charge in [0.15, 0.2) is 0 Å². The van der Waals surface area contributed by atoms with E-state index in [1.165, 1.54) is 0 Å². The summed E-state index contributed by atoms with van der Waals surface area (Å²) in [7, 11) is -3.39. The van der Waals surface area contributed by atoms with Gasteiger partial charge in [-0.2, -0.15) is 0 Å². The molecule has 5 heteroatoms. The fraction of sp³-hybridized carbons (Fsp3) is 1.00. The Morgan fingerprint density at radius 3 is 1.80 bits per heavy atom. The first kappa shape index (κ1) is 15.1. The Balaban J connectivity index is 4.60. The van der Waals surface area contributed by atoms with E-state index >= 15 is 0 Å². The van der Waals surface area contributed by atoms with Gasteiger partial charge < -0.3 is 0 Å². The van der Waals surface area contributed by atoms with Crippen LogP contribution >= 0.6 is 7.82 Å². The molecule has 0 aliphatic rings. The minimum Gasteiger partial charge on any atom is -0.287 e. The lowest BCUT2D eigenvalue weighted by molar-refractivity contribution is 0.00585. The van der Waals surface area contributed by atoms with Crippen LogP contribution in [-0.4, -0.2) is 18.8 Å². The molecule has 0 radical (unpaired) electrons. The first-order valence-corrected chi connectivity index (χ1v) is 6.83. The Morgan fingerprint density at radius 2 is 1.53 bits per heavy atom. The van der Waals surface area contributed by atoms with Gasteiger partial charge in [-0.05, 0) is 33.6 Å². The van der Waals surface area contributed by atoms with E-state index in [-0.39, 0.29) is 5.92 Å². The van der Waals surface area contributed by atoms with Gasteiger partial charge in [0.1, 0.15) is 0 Å². The molecule has 0 amide bonds. The standard InChI is InChI=1S/C10H23O4P/c1-7-12-15(11,13-8-2)14-10(5,6)9(3)4/h9H,7-8H2,1-6H3. The minimum absolute atomic E-state index is 0.228. The van der Waals surface area contributed by atoms with Crippen LogP contribution in [0.25, 0.3) is 0 Å². The molecule has 0 unspecified atom stereocenters. The largest absolute Gasteiger partial charge is 0.475 e. The Kier molecular flexibility index (Phi) is 6.04. The second kappa shape index (κ2) is 6.00. The first-order chi connectivity index (χ1) is 6.77. The molecule has 0 aliphatic heterocycles. The SMILES string of the molecule is CCOP(=O)(OCC)OC(C)(C)C(C)C. The number of hydrogen-bond acceptors (Lipinski definition) is 4.